The van der Waals surface area contributed by atoms with Gasteiger partial charge in [-0.25, -0.2) is 4.79 Å². The highest BCUT2D eigenvalue weighted by atomic mass is 32.4. The molecule has 0 radical (unpaired) electrons. The lowest BCUT2D eigenvalue weighted by Crippen LogP contribution is -2.46. The first-order valence-corrected chi connectivity index (χ1v) is 8.02. The molecule has 2 amide bonds. The van der Waals surface area contributed by atoms with Crippen LogP contribution in [0.25, 0.3) is 0 Å². The fourth-order valence-electron chi connectivity index (χ4n) is 0.857. The van der Waals surface area contributed by atoms with E-state index in [1.54, 1.807) is 0 Å². The molecule has 0 aliphatic carbocycles. The Morgan fingerprint density at radius 3 is 1.87 bits per heavy atom. The molecule has 3 N–H and O–H groups in total. The van der Waals surface area contributed by atoms with Crippen LogP contribution in [0, 0.1) is 0 Å². The number of nitrogens with two attached hydrogens (primary N) is 1. The Bertz CT molecular complexity index is 179. The van der Waals surface area contributed by atoms with E-state index in [1.807, 2.05) is 20.8 Å². The molecule has 0 fully saturated rings. The molecule has 0 heterocycles. The van der Waals surface area contributed by atoms with E-state index in [0.29, 0.717) is 19.8 Å². The monoisotopic (exact) mass is 254 g/mol. The topological polar surface area (TPSA) is 82.8 Å². The molecule has 0 spiro atoms. The predicted octanol–water partition coefficient (Wildman–Crippen LogP) is 0.848. The molecule has 0 rings (SSSR count). The second-order valence-electron chi connectivity index (χ2n) is 2.37. The van der Waals surface area contributed by atoms with E-state index >= 15 is 0 Å². The van der Waals surface area contributed by atoms with Gasteiger partial charge in [-0.3, -0.25) is 4.72 Å². The summed E-state index contributed by atoms with van der Waals surface area (Å²) in [5, 5.41) is 0. The maximum absolute atomic E-state index is 10.6. The van der Waals surface area contributed by atoms with E-state index in [9.17, 15) is 4.79 Å². The maximum atomic E-state index is 10.6. The SMILES string of the molecule is CCO[Si](OCC)(OCC)SNC(N)=O. The average molecular weight is 254 g/mol. The quantitative estimate of drug-likeness (QED) is 0.495. The van der Waals surface area contributed by atoms with Crippen LogP contribution in [0.5, 0.6) is 0 Å². The molecule has 6 nitrogen and oxygen atoms in total. The van der Waals surface area contributed by atoms with Gasteiger partial charge >= 0.3 is 14.0 Å². The third-order valence-corrected chi connectivity index (χ3v) is 5.84. The van der Waals surface area contributed by atoms with Crippen LogP contribution >= 0.6 is 11.4 Å². The highest BCUT2D eigenvalue weighted by molar-refractivity contribution is 8.25. The van der Waals surface area contributed by atoms with Crippen LogP contribution in [-0.2, 0) is 13.3 Å². The van der Waals surface area contributed by atoms with Gasteiger partial charge in [-0.2, -0.15) is 0 Å². The Morgan fingerprint density at radius 1 is 1.20 bits per heavy atom. The number of nitrogens with one attached hydrogen (secondary N) is 1. The Kier molecular flexibility index (Phi) is 7.79. The van der Waals surface area contributed by atoms with Crippen LogP contribution in [0.3, 0.4) is 0 Å². The van der Waals surface area contributed by atoms with Crippen molar-refractivity contribution in [1.29, 1.82) is 0 Å². The van der Waals surface area contributed by atoms with Gasteiger partial charge in [0.1, 0.15) is 0 Å². The van der Waals surface area contributed by atoms with E-state index in [0.717, 1.165) is 11.4 Å². The molecule has 0 saturated heterocycles. The van der Waals surface area contributed by atoms with Gasteiger partial charge < -0.3 is 19.0 Å². The minimum Gasteiger partial charge on any atom is -0.365 e. The van der Waals surface area contributed by atoms with Gasteiger partial charge in [-0.15, -0.1) is 0 Å². The molecule has 0 saturated carbocycles. The van der Waals surface area contributed by atoms with Crippen LogP contribution in [0.1, 0.15) is 20.8 Å². The van der Waals surface area contributed by atoms with Gasteiger partial charge in [-0.1, -0.05) is 0 Å². The Morgan fingerprint density at radius 2 is 1.60 bits per heavy atom. The van der Waals surface area contributed by atoms with Crippen molar-refractivity contribution in [3.63, 3.8) is 0 Å². The van der Waals surface area contributed by atoms with Crippen LogP contribution < -0.4 is 10.5 Å². The summed E-state index contributed by atoms with van der Waals surface area (Å²) >= 11 is 0.999. The summed E-state index contributed by atoms with van der Waals surface area (Å²) in [7, 11) is -2.85. The Balaban J connectivity index is 4.37. The summed E-state index contributed by atoms with van der Waals surface area (Å²) in [6.45, 7) is 6.89. The van der Waals surface area contributed by atoms with Crippen molar-refractivity contribution in [2.45, 2.75) is 20.8 Å². The number of primary amides is 1. The number of carbonyl (C=O) groups excluding carboxylic acids is 1. The van der Waals surface area contributed by atoms with E-state index in [1.165, 1.54) is 0 Å². The summed E-state index contributed by atoms with van der Waals surface area (Å²) in [5.74, 6) is 0. The molecule has 0 atom stereocenters. The zero-order valence-corrected chi connectivity index (χ0v) is 11.1. The first-order valence-electron chi connectivity index (χ1n) is 4.75. The van der Waals surface area contributed by atoms with Gasteiger partial charge in [-0.05, 0) is 20.8 Å². The molecule has 0 aromatic carbocycles. The number of amides is 2. The van der Waals surface area contributed by atoms with Crippen molar-refractivity contribution in [1.82, 2.24) is 4.72 Å². The van der Waals surface area contributed by atoms with E-state index in [-0.39, 0.29) is 0 Å². The smallest absolute Gasteiger partial charge is 0.365 e. The third kappa shape index (κ3) is 6.00. The minimum absolute atomic E-state index is 0.458. The molecule has 0 aromatic heterocycles. The number of hydrogen-bond donors (Lipinski definition) is 2. The van der Waals surface area contributed by atoms with Gasteiger partial charge in [0, 0.05) is 31.2 Å². The normalized spacial score (nSPS) is 11.4. The highest BCUT2D eigenvalue weighted by Crippen LogP contribution is 2.21. The molecule has 0 unspecified atom stereocenters. The fourth-order valence-corrected chi connectivity index (χ4v) is 4.84. The lowest BCUT2D eigenvalue weighted by atomic mass is 10.9. The maximum Gasteiger partial charge on any atom is 0.594 e. The van der Waals surface area contributed by atoms with Gasteiger partial charge in [0.05, 0.1) is 0 Å². The van der Waals surface area contributed by atoms with Crippen molar-refractivity contribution in [2.75, 3.05) is 19.8 Å². The standard InChI is InChI=1S/C7H18N2O4SSi/c1-4-11-15(12-5-2,13-6-3)14-9-7(8)10/h4-6H2,1-3H3,(H3,8,9,10). The number of carbonyl (C=O) groups is 1. The molecular weight excluding hydrogens is 236 g/mol. The lowest BCUT2D eigenvalue weighted by Gasteiger charge is -2.26. The van der Waals surface area contributed by atoms with Crippen LogP contribution in [0.4, 0.5) is 4.79 Å². The van der Waals surface area contributed by atoms with E-state index in [4.69, 9.17) is 19.0 Å². The average Bonchev–Trinajstić information content (AvgIpc) is 2.16. The first kappa shape index (κ1) is 14.7. The molecule has 0 aliphatic rings. The summed E-state index contributed by atoms with van der Waals surface area (Å²) in [6, 6.07) is -0.643. The van der Waals surface area contributed by atoms with E-state index in [2.05, 4.69) is 4.72 Å². The van der Waals surface area contributed by atoms with Gasteiger partial charge in [0.25, 0.3) is 0 Å². The number of hydrogen-bond acceptors (Lipinski definition) is 5. The summed E-state index contributed by atoms with van der Waals surface area (Å²) < 4.78 is 18.7. The van der Waals surface area contributed by atoms with Gasteiger partial charge in [0.2, 0.25) is 0 Å². The van der Waals surface area contributed by atoms with Crippen LogP contribution in [0.15, 0.2) is 0 Å². The largest absolute Gasteiger partial charge is 0.594 e. The lowest BCUT2D eigenvalue weighted by molar-refractivity contribution is 0.0964. The highest BCUT2D eigenvalue weighted by Gasteiger charge is 2.43. The summed E-state index contributed by atoms with van der Waals surface area (Å²) in [4.78, 5) is 10.6. The molecule has 90 valence electrons. The van der Waals surface area contributed by atoms with Crippen molar-refractivity contribution < 1.29 is 18.1 Å². The molecule has 8 heteroatoms. The van der Waals surface area contributed by atoms with Crippen molar-refractivity contribution >= 4 is 25.4 Å². The molecule has 15 heavy (non-hydrogen) atoms. The molecule has 0 bridgehead atoms. The molecule has 0 aromatic rings. The predicted molar refractivity (Wildman–Crippen MR) is 60.9 cm³/mol. The number of rotatable bonds is 8. The number of urea groups is 1. The molecule has 0 aliphatic heterocycles. The zero-order chi connectivity index (χ0) is 11.7. The fraction of sp³-hybridized carbons (Fsp3) is 0.857. The van der Waals surface area contributed by atoms with Crippen molar-refractivity contribution in [3.8, 4) is 0 Å². The van der Waals surface area contributed by atoms with Gasteiger partial charge in [0.15, 0.2) is 0 Å². The summed E-state index contributed by atoms with van der Waals surface area (Å²) in [5.41, 5.74) is 4.97. The van der Waals surface area contributed by atoms with Crippen molar-refractivity contribution in [2.24, 2.45) is 5.73 Å². The third-order valence-electron chi connectivity index (χ3n) is 1.24. The van der Waals surface area contributed by atoms with E-state index < -0.39 is 14.0 Å². The molecular formula is C7H18N2O4SSi. The van der Waals surface area contributed by atoms with Crippen LogP contribution in [-0.4, -0.2) is 33.8 Å². The Labute approximate surface area is 95.0 Å². The Hall–Kier alpha value is -0.283. The minimum atomic E-state index is -2.85. The first-order chi connectivity index (χ1) is 7.10. The second kappa shape index (κ2) is 7.94. The zero-order valence-electron chi connectivity index (χ0n) is 9.24. The summed E-state index contributed by atoms with van der Waals surface area (Å²) in [6.07, 6.45) is 0. The second-order valence-corrected chi connectivity index (χ2v) is 6.75. The van der Waals surface area contributed by atoms with Crippen molar-refractivity contribution in [3.05, 3.63) is 0 Å². The van der Waals surface area contributed by atoms with Crippen LogP contribution in [0.2, 0.25) is 0 Å².